The van der Waals surface area contributed by atoms with E-state index in [1.807, 2.05) is 37.5 Å². The van der Waals surface area contributed by atoms with Gasteiger partial charge in [0.1, 0.15) is 11.1 Å². The van der Waals surface area contributed by atoms with Crippen molar-refractivity contribution in [3.63, 3.8) is 0 Å². The number of thiophene rings is 1. The Labute approximate surface area is 190 Å². The largest absolute Gasteiger partial charge is 0.315 e. The second kappa shape index (κ2) is 9.13. The van der Waals surface area contributed by atoms with E-state index in [-0.39, 0.29) is 12.5 Å². The smallest absolute Gasteiger partial charge is 0.239 e. The number of anilines is 1. The fraction of sp³-hybridized carbons (Fsp3) is 0.625. The van der Waals surface area contributed by atoms with Crippen LogP contribution >= 0.6 is 11.3 Å². The minimum Gasteiger partial charge on any atom is -0.315 e. The predicted molar refractivity (Wildman–Crippen MR) is 126 cm³/mol. The first kappa shape index (κ1) is 23.5. The predicted octanol–water partition coefficient (Wildman–Crippen LogP) is 4.58. The monoisotopic (exact) mass is 441 g/mol. The molecule has 1 amide bonds. The molecule has 0 saturated carbocycles. The molecule has 0 bridgehead atoms. The van der Waals surface area contributed by atoms with Gasteiger partial charge in [0, 0.05) is 29.7 Å². The van der Waals surface area contributed by atoms with Crippen LogP contribution in [0.5, 0.6) is 0 Å². The lowest BCUT2D eigenvalue weighted by Gasteiger charge is -2.36. The number of nitrogens with zero attached hydrogens (tertiary/aromatic N) is 4. The molecule has 2 aromatic rings. The number of nitrogens with one attached hydrogen (secondary N) is 1. The van der Waals surface area contributed by atoms with Gasteiger partial charge in [-0.3, -0.25) is 14.4 Å². The van der Waals surface area contributed by atoms with Crippen LogP contribution in [0.2, 0.25) is 0 Å². The average Bonchev–Trinajstić information content (AvgIpc) is 3.17. The van der Waals surface area contributed by atoms with E-state index in [0.29, 0.717) is 23.4 Å². The summed E-state index contributed by atoms with van der Waals surface area (Å²) in [5.41, 5.74) is 5.39. The van der Waals surface area contributed by atoms with Gasteiger partial charge in [-0.25, -0.2) is 0 Å². The Kier molecular flexibility index (Phi) is 6.92. The second-order valence-electron chi connectivity index (χ2n) is 9.60. The number of aromatic nitrogens is 2. The van der Waals surface area contributed by atoms with Gasteiger partial charge in [-0.2, -0.15) is 10.4 Å². The summed E-state index contributed by atoms with van der Waals surface area (Å²) in [5, 5.41) is 18.0. The van der Waals surface area contributed by atoms with E-state index in [1.165, 1.54) is 4.88 Å². The molecule has 0 radical (unpaired) electrons. The molecule has 3 rings (SSSR count). The number of hydrogen-bond donors (Lipinski definition) is 1. The van der Waals surface area contributed by atoms with Gasteiger partial charge in [-0.15, -0.1) is 11.3 Å². The summed E-state index contributed by atoms with van der Waals surface area (Å²) in [7, 11) is 3.88. The molecule has 2 heterocycles. The van der Waals surface area contributed by atoms with Crippen LogP contribution in [-0.4, -0.2) is 34.2 Å². The van der Waals surface area contributed by atoms with Gasteiger partial charge in [0.05, 0.1) is 17.8 Å². The van der Waals surface area contributed by atoms with Crippen LogP contribution in [0.1, 0.15) is 66.6 Å². The van der Waals surface area contributed by atoms with Crippen molar-refractivity contribution in [2.24, 2.45) is 18.4 Å². The Morgan fingerprint density at radius 1 is 1.42 bits per heavy atom. The highest BCUT2D eigenvalue weighted by molar-refractivity contribution is 7.16. The van der Waals surface area contributed by atoms with Crippen molar-refractivity contribution in [2.45, 2.75) is 66.8 Å². The first-order valence-corrected chi connectivity index (χ1v) is 11.9. The SMILES string of the molecule is CCC(C)(C)C1CCc2c(sc(NC(=O)CN(C)Cc3c(C)nn(C)c3C)c2C#N)C1. The third-order valence-corrected chi connectivity index (χ3v) is 8.32. The number of hydrogen-bond acceptors (Lipinski definition) is 5. The minimum atomic E-state index is -0.0813. The summed E-state index contributed by atoms with van der Waals surface area (Å²) in [6.07, 6.45) is 4.19. The number of carbonyl (C=O) groups is 1. The molecule has 7 heteroatoms. The van der Waals surface area contributed by atoms with Crippen molar-refractivity contribution in [1.82, 2.24) is 14.7 Å². The van der Waals surface area contributed by atoms with Crippen molar-refractivity contribution in [2.75, 3.05) is 18.9 Å². The number of carbonyl (C=O) groups excluding carboxylic acids is 1. The number of nitriles is 1. The molecule has 1 aliphatic rings. The van der Waals surface area contributed by atoms with Gasteiger partial charge in [-0.1, -0.05) is 27.2 Å². The van der Waals surface area contributed by atoms with E-state index < -0.39 is 0 Å². The topological polar surface area (TPSA) is 74.0 Å². The highest BCUT2D eigenvalue weighted by atomic mass is 32.1. The molecule has 2 aromatic heterocycles. The quantitative estimate of drug-likeness (QED) is 0.682. The number of aryl methyl sites for hydroxylation is 2. The van der Waals surface area contributed by atoms with Gasteiger partial charge in [0.15, 0.2) is 0 Å². The van der Waals surface area contributed by atoms with E-state index in [0.717, 1.165) is 53.2 Å². The lowest BCUT2D eigenvalue weighted by molar-refractivity contribution is -0.117. The summed E-state index contributed by atoms with van der Waals surface area (Å²) in [4.78, 5) is 16.0. The summed E-state index contributed by atoms with van der Waals surface area (Å²) in [5.74, 6) is 0.540. The normalized spacial score (nSPS) is 16.3. The maximum atomic E-state index is 12.8. The first-order valence-electron chi connectivity index (χ1n) is 11.1. The van der Waals surface area contributed by atoms with Gasteiger partial charge in [-0.05, 0) is 57.1 Å². The molecule has 1 N–H and O–H groups in total. The molecule has 1 unspecified atom stereocenters. The second-order valence-corrected chi connectivity index (χ2v) is 10.7. The zero-order valence-electron chi connectivity index (χ0n) is 19.9. The molecule has 0 spiro atoms. The standard InChI is InChI=1S/C24H35N5OS/c1-8-24(4,5)17-9-10-18-19(12-25)23(31-21(18)11-17)26-22(30)14-28(6)13-20-15(2)27-29(7)16(20)3/h17H,8-11,13-14H2,1-7H3,(H,26,30). The highest BCUT2D eigenvalue weighted by Crippen LogP contribution is 2.45. The van der Waals surface area contributed by atoms with E-state index in [2.05, 4.69) is 37.3 Å². The summed E-state index contributed by atoms with van der Waals surface area (Å²) in [6.45, 7) is 11.9. The Balaban J connectivity index is 1.69. The first-order chi connectivity index (χ1) is 14.6. The third kappa shape index (κ3) is 4.86. The average molecular weight is 442 g/mol. The van der Waals surface area contributed by atoms with Gasteiger partial charge < -0.3 is 5.32 Å². The number of likely N-dealkylation sites (N-methyl/N-ethyl adjacent to an activating group) is 1. The van der Waals surface area contributed by atoms with Crippen LogP contribution < -0.4 is 5.32 Å². The van der Waals surface area contributed by atoms with E-state index >= 15 is 0 Å². The molecule has 1 aliphatic carbocycles. The van der Waals surface area contributed by atoms with Crippen LogP contribution in [-0.2, 0) is 31.2 Å². The summed E-state index contributed by atoms with van der Waals surface area (Å²) >= 11 is 1.60. The number of fused-ring (bicyclic) bond motifs is 1. The Morgan fingerprint density at radius 3 is 2.71 bits per heavy atom. The zero-order valence-corrected chi connectivity index (χ0v) is 20.7. The van der Waals surface area contributed by atoms with Gasteiger partial charge >= 0.3 is 0 Å². The minimum absolute atomic E-state index is 0.0813. The molecular weight excluding hydrogens is 406 g/mol. The van der Waals surface area contributed by atoms with Crippen molar-refractivity contribution >= 4 is 22.2 Å². The molecule has 0 fully saturated rings. The fourth-order valence-electron chi connectivity index (χ4n) is 4.53. The summed E-state index contributed by atoms with van der Waals surface area (Å²) < 4.78 is 1.88. The number of rotatable bonds is 7. The Bertz CT molecular complexity index is 1010. The highest BCUT2D eigenvalue weighted by Gasteiger charge is 2.34. The maximum Gasteiger partial charge on any atom is 0.239 e. The number of amides is 1. The van der Waals surface area contributed by atoms with Crippen LogP contribution in [0.3, 0.4) is 0 Å². The molecule has 6 nitrogen and oxygen atoms in total. The lowest BCUT2D eigenvalue weighted by Crippen LogP contribution is -2.30. The Morgan fingerprint density at radius 2 is 2.13 bits per heavy atom. The molecule has 0 aliphatic heterocycles. The molecule has 1 atom stereocenters. The zero-order chi connectivity index (χ0) is 22.9. The van der Waals surface area contributed by atoms with Crippen LogP contribution in [0, 0.1) is 36.5 Å². The molecule has 168 valence electrons. The summed E-state index contributed by atoms with van der Waals surface area (Å²) in [6, 6.07) is 2.36. The van der Waals surface area contributed by atoms with Crippen molar-refractivity contribution in [3.8, 4) is 6.07 Å². The van der Waals surface area contributed by atoms with Crippen molar-refractivity contribution in [1.29, 1.82) is 5.26 Å². The molecular formula is C24H35N5OS. The molecule has 0 aromatic carbocycles. The van der Waals surface area contributed by atoms with Gasteiger partial charge in [0.2, 0.25) is 5.91 Å². The Hall–Kier alpha value is -2.17. The maximum absolute atomic E-state index is 12.8. The third-order valence-electron chi connectivity index (χ3n) is 7.15. The van der Waals surface area contributed by atoms with Gasteiger partial charge in [0.25, 0.3) is 0 Å². The van der Waals surface area contributed by atoms with Crippen molar-refractivity contribution < 1.29 is 4.79 Å². The van der Waals surface area contributed by atoms with Crippen LogP contribution in [0.15, 0.2) is 0 Å². The van der Waals surface area contributed by atoms with E-state index in [1.54, 1.807) is 11.3 Å². The van der Waals surface area contributed by atoms with Crippen molar-refractivity contribution in [3.05, 3.63) is 33.0 Å². The molecule has 31 heavy (non-hydrogen) atoms. The van der Waals surface area contributed by atoms with E-state index in [4.69, 9.17) is 0 Å². The van der Waals surface area contributed by atoms with E-state index in [9.17, 15) is 10.1 Å². The van der Waals surface area contributed by atoms with Crippen LogP contribution in [0.4, 0.5) is 5.00 Å². The fourth-order valence-corrected chi connectivity index (χ4v) is 5.83. The lowest BCUT2D eigenvalue weighted by atomic mass is 9.69. The van der Waals surface area contributed by atoms with Crippen LogP contribution in [0.25, 0.3) is 0 Å². The molecule has 0 saturated heterocycles.